The summed E-state index contributed by atoms with van der Waals surface area (Å²) in [6.07, 6.45) is 1.68. The summed E-state index contributed by atoms with van der Waals surface area (Å²) in [5, 5.41) is 2.91. The van der Waals surface area contributed by atoms with E-state index in [1.165, 1.54) is 7.11 Å². The highest BCUT2D eigenvalue weighted by molar-refractivity contribution is 7.88. The number of hydrogen-bond acceptors (Lipinski definition) is 9. The summed E-state index contributed by atoms with van der Waals surface area (Å²) in [5.41, 5.74) is 2.29. The molecule has 10 nitrogen and oxygen atoms in total. The molecule has 0 aliphatic rings. The molecule has 5 N–H and O–H groups in total. The summed E-state index contributed by atoms with van der Waals surface area (Å²) in [6, 6.07) is 0.125. The predicted octanol–water partition coefficient (Wildman–Crippen LogP) is -1.48. The molecule has 0 spiro atoms. The lowest BCUT2D eigenvalue weighted by atomic mass is 10.4. The molecule has 0 atom stereocenters. The van der Waals surface area contributed by atoms with Crippen molar-refractivity contribution < 1.29 is 13.2 Å². The number of nitrogen functional groups attached to an aromatic ring is 1. The van der Waals surface area contributed by atoms with Crippen LogP contribution in [0, 0.1) is 0 Å². The minimum Gasteiger partial charge on any atom is -0.467 e. The Balaban J connectivity index is 2.44. The first-order valence-corrected chi connectivity index (χ1v) is 7.29. The van der Waals surface area contributed by atoms with Gasteiger partial charge in [0.25, 0.3) is 0 Å². The molecule has 1 rings (SSSR count). The highest BCUT2D eigenvalue weighted by Gasteiger charge is 2.05. The molecule has 0 amide bonds. The number of nitrogens with one attached hydrogen (secondary N) is 3. The van der Waals surface area contributed by atoms with Crippen LogP contribution in [-0.4, -0.2) is 49.8 Å². The Morgan fingerprint density at radius 2 is 1.89 bits per heavy atom. The quantitative estimate of drug-likeness (QED) is 0.256. The van der Waals surface area contributed by atoms with Gasteiger partial charge in [-0.2, -0.15) is 15.0 Å². The van der Waals surface area contributed by atoms with E-state index in [9.17, 15) is 8.42 Å². The zero-order valence-electron chi connectivity index (χ0n) is 10.7. The number of methoxy groups -OCH3 is 1. The van der Waals surface area contributed by atoms with Crippen LogP contribution in [0.2, 0.25) is 0 Å². The SMILES string of the molecule is COc1nc(NN)nc(NCCCNS(C)(=O)=O)n1. The summed E-state index contributed by atoms with van der Waals surface area (Å²) in [7, 11) is -1.73. The average molecular weight is 291 g/mol. The monoisotopic (exact) mass is 291 g/mol. The van der Waals surface area contributed by atoms with E-state index in [1.54, 1.807) is 0 Å². The van der Waals surface area contributed by atoms with Crippen molar-refractivity contribution in [2.45, 2.75) is 6.42 Å². The van der Waals surface area contributed by atoms with Gasteiger partial charge in [0, 0.05) is 13.1 Å². The van der Waals surface area contributed by atoms with Gasteiger partial charge in [-0.15, -0.1) is 0 Å². The summed E-state index contributed by atoms with van der Waals surface area (Å²) >= 11 is 0. The lowest BCUT2D eigenvalue weighted by Crippen LogP contribution is -2.24. The standard InChI is InChI=1S/C8H17N7O3S/c1-18-8-13-6(12-7(14-8)15-9)10-4-3-5-11-19(2,16)17/h11H,3-5,9H2,1-2H3,(H2,10,12,13,14,15). The van der Waals surface area contributed by atoms with E-state index in [0.29, 0.717) is 25.5 Å². The van der Waals surface area contributed by atoms with Crippen LogP contribution in [0.15, 0.2) is 0 Å². The third kappa shape index (κ3) is 6.13. The summed E-state index contributed by atoms with van der Waals surface area (Å²) < 4.78 is 28.9. The molecule has 0 bridgehead atoms. The van der Waals surface area contributed by atoms with Gasteiger partial charge in [0.05, 0.1) is 13.4 Å². The van der Waals surface area contributed by atoms with Crippen molar-refractivity contribution in [3.63, 3.8) is 0 Å². The fourth-order valence-corrected chi connectivity index (χ4v) is 1.65. The van der Waals surface area contributed by atoms with Gasteiger partial charge in [0.1, 0.15) is 0 Å². The van der Waals surface area contributed by atoms with Crippen molar-refractivity contribution in [2.75, 3.05) is 37.2 Å². The van der Waals surface area contributed by atoms with Gasteiger partial charge in [0.15, 0.2) is 0 Å². The molecule has 108 valence electrons. The highest BCUT2D eigenvalue weighted by Crippen LogP contribution is 2.09. The number of nitrogens with zero attached hydrogens (tertiary/aromatic N) is 3. The Kier molecular flexibility index (Phi) is 5.66. The third-order valence-electron chi connectivity index (χ3n) is 1.93. The molecular weight excluding hydrogens is 274 g/mol. The maximum atomic E-state index is 10.8. The number of nitrogens with two attached hydrogens (primary N) is 1. The minimum atomic E-state index is -3.16. The molecule has 0 aromatic carbocycles. The van der Waals surface area contributed by atoms with Gasteiger partial charge in [-0.3, -0.25) is 5.43 Å². The second kappa shape index (κ2) is 7.01. The first kappa shape index (κ1) is 15.3. The highest BCUT2D eigenvalue weighted by atomic mass is 32.2. The molecule has 0 unspecified atom stereocenters. The van der Waals surface area contributed by atoms with E-state index in [2.05, 4.69) is 30.4 Å². The second-order valence-electron chi connectivity index (χ2n) is 3.56. The molecule has 11 heteroatoms. The average Bonchev–Trinajstić information content (AvgIpc) is 2.36. The maximum absolute atomic E-state index is 10.8. The van der Waals surface area contributed by atoms with Gasteiger partial charge in [-0.25, -0.2) is 19.0 Å². The van der Waals surface area contributed by atoms with Crippen molar-refractivity contribution in [1.82, 2.24) is 19.7 Å². The van der Waals surface area contributed by atoms with Crippen molar-refractivity contribution in [3.05, 3.63) is 0 Å². The van der Waals surface area contributed by atoms with Crippen LogP contribution in [-0.2, 0) is 10.0 Å². The number of ether oxygens (including phenoxy) is 1. The summed E-state index contributed by atoms with van der Waals surface area (Å²) in [5.74, 6) is 5.66. The van der Waals surface area contributed by atoms with E-state index in [0.717, 1.165) is 6.26 Å². The Bertz CT molecular complexity index is 485. The molecule has 0 saturated carbocycles. The van der Waals surface area contributed by atoms with Crippen LogP contribution in [0.1, 0.15) is 6.42 Å². The smallest absolute Gasteiger partial charge is 0.322 e. The third-order valence-corrected chi connectivity index (χ3v) is 2.66. The lowest BCUT2D eigenvalue weighted by molar-refractivity contribution is 0.379. The minimum absolute atomic E-state index is 0.125. The molecule has 0 saturated heterocycles. The van der Waals surface area contributed by atoms with Crippen molar-refractivity contribution in [2.24, 2.45) is 5.84 Å². The molecule has 1 aromatic rings. The van der Waals surface area contributed by atoms with Crippen LogP contribution >= 0.6 is 0 Å². The summed E-state index contributed by atoms with van der Waals surface area (Å²) in [4.78, 5) is 11.7. The number of aromatic nitrogens is 3. The number of rotatable bonds is 8. The van der Waals surface area contributed by atoms with Gasteiger partial charge in [0.2, 0.25) is 21.9 Å². The molecule has 0 aliphatic carbocycles. The maximum Gasteiger partial charge on any atom is 0.322 e. The van der Waals surface area contributed by atoms with Crippen LogP contribution in [0.3, 0.4) is 0 Å². The largest absolute Gasteiger partial charge is 0.467 e. The number of anilines is 2. The second-order valence-corrected chi connectivity index (χ2v) is 5.39. The topological polar surface area (TPSA) is 144 Å². The molecule has 1 heterocycles. The molecule has 0 fully saturated rings. The fraction of sp³-hybridized carbons (Fsp3) is 0.625. The predicted molar refractivity (Wildman–Crippen MR) is 70.1 cm³/mol. The van der Waals surface area contributed by atoms with Gasteiger partial charge >= 0.3 is 6.01 Å². The Morgan fingerprint density at radius 1 is 1.21 bits per heavy atom. The van der Waals surface area contributed by atoms with E-state index in [-0.39, 0.29) is 12.0 Å². The van der Waals surface area contributed by atoms with Crippen molar-refractivity contribution in [3.8, 4) is 6.01 Å². The zero-order valence-corrected chi connectivity index (χ0v) is 11.5. The van der Waals surface area contributed by atoms with Gasteiger partial charge in [-0.1, -0.05) is 0 Å². The molecule has 0 aliphatic heterocycles. The van der Waals surface area contributed by atoms with Crippen LogP contribution in [0.25, 0.3) is 0 Å². The van der Waals surface area contributed by atoms with Crippen molar-refractivity contribution in [1.29, 1.82) is 0 Å². The van der Waals surface area contributed by atoms with Crippen LogP contribution in [0.5, 0.6) is 6.01 Å². The molecule has 1 aromatic heterocycles. The first-order chi connectivity index (χ1) is 8.94. The lowest BCUT2D eigenvalue weighted by Gasteiger charge is -2.07. The van der Waals surface area contributed by atoms with Gasteiger partial charge < -0.3 is 10.1 Å². The summed E-state index contributed by atoms with van der Waals surface area (Å²) in [6.45, 7) is 0.815. The zero-order chi connectivity index (χ0) is 14.3. The normalized spacial score (nSPS) is 11.1. The Labute approximate surface area is 111 Å². The van der Waals surface area contributed by atoms with E-state index >= 15 is 0 Å². The Hall–Kier alpha value is -1.72. The Morgan fingerprint density at radius 3 is 2.47 bits per heavy atom. The number of hydrazine groups is 1. The first-order valence-electron chi connectivity index (χ1n) is 5.40. The fourth-order valence-electron chi connectivity index (χ4n) is 1.14. The molecular formula is C8H17N7O3S. The van der Waals surface area contributed by atoms with Crippen LogP contribution < -0.4 is 26.0 Å². The number of sulfonamides is 1. The van der Waals surface area contributed by atoms with Gasteiger partial charge in [-0.05, 0) is 6.42 Å². The van der Waals surface area contributed by atoms with E-state index in [4.69, 9.17) is 10.6 Å². The van der Waals surface area contributed by atoms with Crippen molar-refractivity contribution >= 4 is 21.9 Å². The molecule has 0 radical (unpaired) electrons. The van der Waals surface area contributed by atoms with Crippen LogP contribution in [0.4, 0.5) is 11.9 Å². The molecule has 19 heavy (non-hydrogen) atoms. The van der Waals surface area contributed by atoms with E-state index < -0.39 is 10.0 Å². The van der Waals surface area contributed by atoms with E-state index in [1.807, 2.05) is 0 Å². The number of hydrogen-bond donors (Lipinski definition) is 4.